The summed E-state index contributed by atoms with van der Waals surface area (Å²) in [6.45, 7) is 3.22. The molecule has 27 heavy (non-hydrogen) atoms. The van der Waals surface area contributed by atoms with Crippen LogP contribution >= 0.6 is 11.8 Å². The smallest absolute Gasteiger partial charge is 0.326 e. The summed E-state index contributed by atoms with van der Waals surface area (Å²) in [5, 5.41) is 4.72. The monoisotopic (exact) mass is 396 g/mol. The predicted molar refractivity (Wildman–Crippen MR) is 101 cm³/mol. The van der Waals surface area contributed by atoms with Crippen LogP contribution < -0.4 is 10.6 Å². The van der Waals surface area contributed by atoms with Gasteiger partial charge in [-0.05, 0) is 42.8 Å². The minimum Gasteiger partial charge on any atom is -0.326 e. The van der Waals surface area contributed by atoms with Crippen LogP contribution in [-0.4, -0.2) is 17.1 Å². The van der Waals surface area contributed by atoms with Crippen molar-refractivity contribution >= 4 is 35.0 Å². The lowest BCUT2D eigenvalue weighted by Crippen LogP contribution is -2.24. The van der Waals surface area contributed by atoms with Crippen molar-refractivity contribution in [2.45, 2.75) is 36.6 Å². The Bertz CT molecular complexity index is 825. The van der Waals surface area contributed by atoms with Gasteiger partial charge in [0.05, 0.1) is 10.8 Å². The van der Waals surface area contributed by atoms with Crippen molar-refractivity contribution in [2.24, 2.45) is 0 Å². The molecular formula is C19H19F3N2O2S. The highest BCUT2D eigenvalue weighted by Crippen LogP contribution is 2.32. The molecule has 0 spiro atoms. The Hall–Kier alpha value is -2.48. The third kappa shape index (κ3) is 6.32. The van der Waals surface area contributed by atoms with Crippen molar-refractivity contribution in [1.29, 1.82) is 0 Å². The van der Waals surface area contributed by atoms with Crippen molar-refractivity contribution < 1.29 is 22.8 Å². The minimum absolute atomic E-state index is 0.0980. The highest BCUT2D eigenvalue weighted by atomic mass is 32.2. The number of hydrogen-bond acceptors (Lipinski definition) is 3. The van der Waals surface area contributed by atoms with Crippen LogP contribution in [0.25, 0.3) is 0 Å². The van der Waals surface area contributed by atoms with Gasteiger partial charge in [-0.25, -0.2) is 0 Å². The molecule has 0 heterocycles. The lowest BCUT2D eigenvalue weighted by Gasteiger charge is -2.16. The molecule has 2 aromatic carbocycles. The summed E-state index contributed by atoms with van der Waals surface area (Å²) < 4.78 is 38.4. The molecule has 1 atom stereocenters. The van der Waals surface area contributed by atoms with Crippen LogP contribution in [0.5, 0.6) is 0 Å². The summed E-state index contributed by atoms with van der Waals surface area (Å²) >= 11 is 1.28. The van der Waals surface area contributed by atoms with E-state index in [1.54, 1.807) is 24.3 Å². The lowest BCUT2D eigenvalue weighted by molar-refractivity contribution is -0.137. The van der Waals surface area contributed by atoms with E-state index in [0.717, 1.165) is 17.0 Å². The second-order valence-electron chi connectivity index (χ2n) is 5.79. The van der Waals surface area contributed by atoms with Crippen LogP contribution in [0, 0.1) is 0 Å². The molecule has 144 valence electrons. The third-order valence-corrected chi connectivity index (χ3v) is 4.91. The molecule has 2 N–H and O–H groups in total. The first-order valence-electron chi connectivity index (χ1n) is 8.21. The van der Waals surface area contributed by atoms with Gasteiger partial charge in [0.1, 0.15) is 0 Å². The molecule has 0 aliphatic rings. The molecule has 0 aliphatic carbocycles. The summed E-state index contributed by atoms with van der Waals surface area (Å²) in [4.78, 5) is 24.4. The highest BCUT2D eigenvalue weighted by molar-refractivity contribution is 8.00. The molecule has 4 nitrogen and oxygen atoms in total. The molecular weight excluding hydrogens is 377 g/mol. The van der Waals surface area contributed by atoms with Crippen molar-refractivity contribution in [1.82, 2.24) is 0 Å². The van der Waals surface area contributed by atoms with Gasteiger partial charge in [0.25, 0.3) is 0 Å². The highest BCUT2D eigenvalue weighted by Gasteiger charge is 2.30. The number of carbonyl (C=O) groups is 2. The number of rotatable bonds is 6. The Morgan fingerprint density at radius 3 is 2.26 bits per heavy atom. The zero-order valence-corrected chi connectivity index (χ0v) is 15.6. The van der Waals surface area contributed by atoms with E-state index in [9.17, 15) is 22.8 Å². The zero-order chi connectivity index (χ0) is 20.0. The van der Waals surface area contributed by atoms with Crippen LogP contribution in [-0.2, 0) is 15.8 Å². The fourth-order valence-corrected chi connectivity index (χ4v) is 3.35. The van der Waals surface area contributed by atoms with E-state index in [0.29, 0.717) is 12.1 Å². The molecule has 2 rings (SSSR count). The van der Waals surface area contributed by atoms with Gasteiger partial charge in [-0.2, -0.15) is 13.2 Å². The number of carbonyl (C=O) groups excluding carboxylic acids is 2. The molecule has 0 radical (unpaired) electrons. The first kappa shape index (κ1) is 20.8. The topological polar surface area (TPSA) is 58.2 Å². The molecule has 0 saturated carbocycles. The number of amides is 2. The Kier molecular flexibility index (Phi) is 6.90. The zero-order valence-electron chi connectivity index (χ0n) is 14.8. The quantitative estimate of drug-likeness (QED) is 0.662. The Balaban J connectivity index is 2.09. The maximum Gasteiger partial charge on any atom is 0.416 e. The van der Waals surface area contributed by atoms with E-state index in [1.165, 1.54) is 30.8 Å². The summed E-state index contributed by atoms with van der Waals surface area (Å²) in [7, 11) is 0. The number of nitrogens with one attached hydrogen (secondary N) is 2. The normalized spacial score (nSPS) is 12.3. The average Bonchev–Trinajstić information content (AvgIpc) is 2.59. The maximum absolute atomic E-state index is 12.8. The standard InChI is InChI=1S/C19H19F3N2O2S/c1-3-17(27-16-9-5-8-15(11-16)23-12(2)25)18(26)24-14-7-4-6-13(10-14)19(20,21)22/h4-11,17H,3H2,1-2H3,(H,23,25)(H,24,26). The molecule has 2 aromatic rings. The Morgan fingerprint density at radius 1 is 1.04 bits per heavy atom. The summed E-state index contributed by atoms with van der Waals surface area (Å²) in [6, 6.07) is 11.6. The fourth-order valence-electron chi connectivity index (χ4n) is 2.33. The molecule has 0 fully saturated rings. The van der Waals surface area contributed by atoms with Gasteiger partial charge in [-0.15, -0.1) is 11.8 Å². The first-order chi connectivity index (χ1) is 12.7. The number of halogens is 3. The number of benzene rings is 2. The number of alkyl halides is 3. The second-order valence-corrected chi connectivity index (χ2v) is 7.07. The fraction of sp³-hybridized carbons (Fsp3) is 0.263. The largest absolute Gasteiger partial charge is 0.416 e. The van der Waals surface area contributed by atoms with Crippen LogP contribution in [0.3, 0.4) is 0 Å². The maximum atomic E-state index is 12.8. The molecule has 0 saturated heterocycles. The van der Waals surface area contributed by atoms with Crippen LogP contribution in [0.2, 0.25) is 0 Å². The van der Waals surface area contributed by atoms with Gasteiger partial charge in [-0.1, -0.05) is 19.1 Å². The molecule has 1 unspecified atom stereocenters. The van der Waals surface area contributed by atoms with Gasteiger partial charge in [-0.3, -0.25) is 9.59 Å². The van der Waals surface area contributed by atoms with E-state index < -0.39 is 17.0 Å². The number of thioether (sulfide) groups is 1. The second kappa shape index (κ2) is 8.94. The van der Waals surface area contributed by atoms with Gasteiger partial charge in [0.2, 0.25) is 11.8 Å². The first-order valence-corrected chi connectivity index (χ1v) is 9.09. The van der Waals surface area contributed by atoms with Gasteiger partial charge in [0, 0.05) is 23.2 Å². The summed E-state index contributed by atoms with van der Waals surface area (Å²) in [5.41, 5.74) is -0.106. The van der Waals surface area contributed by atoms with Crippen molar-refractivity contribution in [3.05, 3.63) is 54.1 Å². The van der Waals surface area contributed by atoms with E-state index in [-0.39, 0.29) is 17.5 Å². The third-order valence-electron chi connectivity index (χ3n) is 3.55. The lowest BCUT2D eigenvalue weighted by atomic mass is 10.2. The van der Waals surface area contributed by atoms with Crippen molar-refractivity contribution in [3.8, 4) is 0 Å². The van der Waals surface area contributed by atoms with Crippen LogP contribution in [0.1, 0.15) is 25.8 Å². The van der Waals surface area contributed by atoms with Crippen molar-refractivity contribution in [3.63, 3.8) is 0 Å². The van der Waals surface area contributed by atoms with E-state index in [1.807, 2.05) is 6.92 Å². The number of hydrogen-bond donors (Lipinski definition) is 2. The Morgan fingerprint density at radius 2 is 1.67 bits per heavy atom. The van der Waals surface area contributed by atoms with Crippen LogP contribution in [0.4, 0.5) is 24.5 Å². The summed E-state index contributed by atoms with van der Waals surface area (Å²) in [6.07, 6.45) is -3.98. The minimum atomic E-state index is -4.47. The van der Waals surface area contributed by atoms with E-state index >= 15 is 0 Å². The van der Waals surface area contributed by atoms with Crippen molar-refractivity contribution in [2.75, 3.05) is 10.6 Å². The summed E-state index contributed by atoms with van der Waals surface area (Å²) in [5.74, 6) is -0.585. The Labute approximate surface area is 159 Å². The molecule has 0 aliphatic heterocycles. The molecule has 8 heteroatoms. The average molecular weight is 396 g/mol. The van der Waals surface area contributed by atoms with Gasteiger partial charge >= 0.3 is 6.18 Å². The van der Waals surface area contributed by atoms with Gasteiger partial charge in [0.15, 0.2) is 0 Å². The number of anilines is 2. The van der Waals surface area contributed by atoms with E-state index in [4.69, 9.17) is 0 Å². The van der Waals surface area contributed by atoms with Crippen LogP contribution in [0.15, 0.2) is 53.4 Å². The molecule has 2 amide bonds. The van der Waals surface area contributed by atoms with Gasteiger partial charge < -0.3 is 10.6 Å². The molecule has 0 bridgehead atoms. The SMILES string of the molecule is CCC(Sc1cccc(NC(C)=O)c1)C(=O)Nc1cccc(C(F)(F)F)c1. The van der Waals surface area contributed by atoms with E-state index in [2.05, 4.69) is 10.6 Å². The predicted octanol–water partition coefficient (Wildman–Crippen LogP) is 5.17. The molecule has 0 aromatic heterocycles.